The van der Waals surface area contributed by atoms with E-state index < -0.39 is 0 Å². The highest BCUT2D eigenvalue weighted by molar-refractivity contribution is 5.78. The summed E-state index contributed by atoms with van der Waals surface area (Å²) in [6, 6.07) is 5.94. The van der Waals surface area contributed by atoms with Crippen LogP contribution in [-0.2, 0) is 4.79 Å². The van der Waals surface area contributed by atoms with Crippen LogP contribution in [0.4, 0.5) is 0 Å². The van der Waals surface area contributed by atoms with Gasteiger partial charge in [-0.25, -0.2) is 0 Å². The average molecular weight is 320 g/mol. The number of aryl methyl sites for hydroxylation is 1. The van der Waals surface area contributed by atoms with E-state index in [1.807, 2.05) is 25.1 Å². The molecule has 0 saturated carbocycles. The van der Waals surface area contributed by atoms with Gasteiger partial charge in [0.05, 0.1) is 7.11 Å². The second kappa shape index (κ2) is 8.77. The fraction of sp³-hybridized carbons (Fsp3) is 0.611. The Morgan fingerprint density at radius 1 is 1.30 bits per heavy atom. The van der Waals surface area contributed by atoms with Gasteiger partial charge in [0.2, 0.25) is 0 Å². The van der Waals surface area contributed by atoms with Gasteiger partial charge in [0, 0.05) is 19.1 Å². The lowest BCUT2D eigenvalue weighted by Gasteiger charge is -2.32. The van der Waals surface area contributed by atoms with Crippen molar-refractivity contribution >= 4 is 5.91 Å². The minimum Gasteiger partial charge on any atom is -0.493 e. The predicted molar refractivity (Wildman–Crippen MR) is 91.1 cm³/mol. The zero-order valence-electron chi connectivity index (χ0n) is 14.4. The van der Waals surface area contributed by atoms with E-state index >= 15 is 0 Å². The van der Waals surface area contributed by atoms with Crippen molar-refractivity contribution < 1.29 is 14.3 Å². The van der Waals surface area contributed by atoms with Gasteiger partial charge in [0.1, 0.15) is 0 Å². The molecule has 1 heterocycles. The number of methoxy groups -OCH3 is 1. The quantitative estimate of drug-likeness (QED) is 0.838. The zero-order chi connectivity index (χ0) is 16.7. The van der Waals surface area contributed by atoms with Crippen molar-refractivity contribution in [1.29, 1.82) is 0 Å². The number of rotatable bonds is 7. The number of amides is 1. The van der Waals surface area contributed by atoms with Crippen molar-refractivity contribution in [2.45, 2.75) is 39.2 Å². The molecule has 0 spiro atoms. The Labute approximate surface area is 139 Å². The summed E-state index contributed by atoms with van der Waals surface area (Å²) in [7, 11) is 1.60. The minimum absolute atomic E-state index is 0.0224. The van der Waals surface area contributed by atoms with Crippen LogP contribution in [-0.4, -0.2) is 50.2 Å². The molecule has 0 aromatic heterocycles. The SMILES string of the molecule is CCCN1CCC(NC(=O)COc2ccc(C)cc2OC)CC1. The van der Waals surface area contributed by atoms with Crippen molar-refractivity contribution in [1.82, 2.24) is 10.2 Å². The highest BCUT2D eigenvalue weighted by atomic mass is 16.5. The van der Waals surface area contributed by atoms with Gasteiger partial charge in [-0.15, -0.1) is 0 Å². The van der Waals surface area contributed by atoms with Crippen molar-refractivity contribution in [3.63, 3.8) is 0 Å². The lowest BCUT2D eigenvalue weighted by molar-refractivity contribution is -0.124. The van der Waals surface area contributed by atoms with Gasteiger partial charge in [0.15, 0.2) is 18.1 Å². The Hall–Kier alpha value is -1.75. The molecule has 1 aromatic rings. The molecule has 128 valence electrons. The highest BCUT2D eigenvalue weighted by Gasteiger charge is 2.20. The number of carbonyl (C=O) groups excluding carboxylic acids is 1. The molecular weight excluding hydrogens is 292 g/mol. The van der Waals surface area contributed by atoms with Crippen LogP contribution in [0.2, 0.25) is 0 Å². The Morgan fingerprint density at radius 2 is 2.04 bits per heavy atom. The molecule has 1 fully saturated rings. The first-order valence-corrected chi connectivity index (χ1v) is 8.41. The molecule has 1 amide bonds. The van der Waals surface area contributed by atoms with Crippen LogP contribution in [0.15, 0.2) is 18.2 Å². The first-order valence-electron chi connectivity index (χ1n) is 8.41. The van der Waals surface area contributed by atoms with E-state index in [1.54, 1.807) is 7.11 Å². The first kappa shape index (κ1) is 17.6. The van der Waals surface area contributed by atoms with E-state index in [2.05, 4.69) is 17.1 Å². The number of carbonyl (C=O) groups is 1. The Kier molecular flexibility index (Phi) is 6.71. The van der Waals surface area contributed by atoms with Crippen LogP contribution in [0.1, 0.15) is 31.7 Å². The maximum atomic E-state index is 12.1. The third kappa shape index (κ3) is 5.43. The van der Waals surface area contributed by atoms with Crippen LogP contribution in [0.25, 0.3) is 0 Å². The smallest absolute Gasteiger partial charge is 0.258 e. The average Bonchev–Trinajstić information content (AvgIpc) is 2.55. The second-order valence-electron chi connectivity index (χ2n) is 6.13. The zero-order valence-corrected chi connectivity index (χ0v) is 14.4. The molecule has 1 N–H and O–H groups in total. The third-order valence-corrected chi connectivity index (χ3v) is 4.17. The first-order chi connectivity index (χ1) is 11.1. The van der Waals surface area contributed by atoms with Crippen molar-refractivity contribution in [3.05, 3.63) is 23.8 Å². The molecule has 0 atom stereocenters. The predicted octanol–water partition coefficient (Wildman–Crippen LogP) is 2.37. The molecule has 0 unspecified atom stereocenters. The second-order valence-corrected chi connectivity index (χ2v) is 6.13. The maximum Gasteiger partial charge on any atom is 0.258 e. The number of ether oxygens (including phenoxy) is 2. The number of nitrogens with one attached hydrogen (secondary N) is 1. The molecule has 5 nitrogen and oxygen atoms in total. The van der Waals surface area contributed by atoms with E-state index in [1.165, 1.54) is 6.42 Å². The fourth-order valence-electron chi connectivity index (χ4n) is 2.92. The summed E-state index contributed by atoms with van der Waals surface area (Å²) < 4.78 is 10.9. The summed E-state index contributed by atoms with van der Waals surface area (Å²) in [6.45, 7) is 7.48. The van der Waals surface area contributed by atoms with Gasteiger partial charge in [-0.3, -0.25) is 4.79 Å². The van der Waals surface area contributed by atoms with Gasteiger partial charge in [-0.1, -0.05) is 13.0 Å². The summed E-state index contributed by atoms with van der Waals surface area (Å²) in [4.78, 5) is 14.5. The summed E-state index contributed by atoms with van der Waals surface area (Å²) in [5.41, 5.74) is 1.09. The lowest BCUT2D eigenvalue weighted by atomic mass is 10.0. The van der Waals surface area contributed by atoms with E-state index in [-0.39, 0.29) is 18.6 Å². The van der Waals surface area contributed by atoms with Gasteiger partial charge in [0.25, 0.3) is 5.91 Å². The summed E-state index contributed by atoms with van der Waals surface area (Å²) in [5.74, 6) is 1.19. The molecule has 5 heteroatoms. The van der Waals surface area contributed by atoms with E-state index in [9.17, 15) is 4.79 Å². The largest absolute Gasteiger partial charge is 0.493 e. The van der Waals surface area contributed by atoms with Crippen LogP contribution < -0.4 is 14.8 Å². The lowest BCUT2D eigenvalue weighted by Crippen LogP contribution is -2.46. The molecule has 1 aliphatic heterocycles. The number of piperidine rings is 1. The summed E-state index contributed by atoms with van der Waals surface area (Å²) in [5, 5.41) is 3.07. The van der Waals surface area contributed by atoms with E-state index in [0.717, 1.165) is 38.0 Å². The molecule has 0 radical (unpaired) electrons. The molecule has 0 aliphatic carbocycles. The topological polar surface area (TPSA) is 50.8 Å². The van der Waals surface area contributed by atoms with Crippen molar-refractivity contribution in [2.75, 3.05) is 33.4 Å². The monoisotopic (exact) mass is 320 g/mol. The van der Waals surface area contributed by atoms with Crippen molar-refractivity contribution in [3.8, 4) is 11.5 Å². The van der Waals surface area contributed by atoms with Crippen LogP contribution in [0.5, 0.6) is 11.5 Å². The fourth-order valence-corrected chi connectivity index (χ4v) is 2.92. The Bertz CT molecular complexity index is 511. The number of hydrogen-bond donors (Lipinski definition) is 1. The Morgan fingerprint density at radius 3 is 2.70 bits per heavy atom. The summed E-state index contributed by atoms with van der Waals surface area (Å²) >= 11 is 0. The van der Waals surface area contributed by atoms with Crippen molar-refractivity contribution in [2.24, 2.45) is 0 Å². The molecule has 23 heavy (non-hydrogen) atoms. The minimum atomic E-state index is -0.0680. The molecule has 2 rings (SSSR count). The molecular formula is C18H28N2O3. The van der Waals surface area contributed by atoms with Gasteiger partial charge >= 0.3 is 0 Å². The van der Waals surface area contributed by atoms with Crippen LogP contribution in [0.3, 0.4) is 0 Å². The third-order valence-electron chi connectivity index (χ3n) is 4.17. The number of hydrogen-bond acceptors (Lipinski definition) is 4. The number of likely N-dealkylation sites (tertiary alicyclic amines) is 1. The normalized spacial score (nSPS) is 16.1. The van der Waals surface area contributed by atoms with Gasteiger partial charge < -0.3 is 19.7 Å². The highest BCUT2D eigenvalue weighted by Crippen LogP contribution is 2.27. The molecule has 1 saturated heterocycles. The standard InChI is InChI=1S/C18H28N2O3/c1-4-9-20-10-7-15(8-11-20)19-18(21)13-23-16-6-5-14(2)12-17(16)22-3/h5-6,12,15H,4,7-11,13H2,1-3H3,(H,19,21). The van der Waals surface area contributed by atoms with E-state index in [0.29, 0.717) is 11.5 Å². The molecule has 1 aromatic carbocycles. The van der Waals surface area contributed by atoms with Crippen LogP contribution >= 0.6 is 0 Å². The van der Waals surface area contributed by atoms with Crippen LogP contribution in [0, 0.1) is 6.92 Å². The number of benzene rings is 1. The number of nitrogens with zero attached hydrogens (tertiary/aromatic N) is 1. The molecule has 0 bridgehead atoms. The maximum absolute atomic E-state index is 12.1. The Balaban J connectivity index is 1.76. The van der Waals surface area contributed by atoms with Gasteiger partial charge in [-0.2, -0.15) is 0 Å². The van der Waals surface area contributed by atoms with E-state index in [4.69, 9.17) is 9.47 Å². The van der Waals surface area contributed by atoms with Gasteiger partial charge in [-0.05, 0) is 50.4 Å². The molecule has 1 aliphatic rings. The summed E-state index contributed by atoms with van der Waals surface area (Å²) in [6.07, 6.45) is 3.21.